The number of benzene rings is 2. The summed E-state index contributed by atoms with van der Waals surface area (Å²) in [7, 11) is 3.24. The molecule has 0 saturated carbocycles. The van der Waals surface area contributed by atoms with Gasteiger partial charge in [0.2, 0.25) is 5.91 Å². The lowest BCUT2D eigenvalue weighted by atomic mass is 10.1. The zero-order valence-corrected chi connectivity index (χ0v) is 14.1. The van der Waals surface area contributed by atoms with Gasteiger partial charge in [-0.2, -0.15) is 0 Å². The maximum Gasteiger partial charge on any atom is 0.224 e. The Morgan fingerprint density at radius 2 is 1.70 bits per heavy atom. The van der Waals surface area contributed by atoms with Crippen LogP contribution in [0.15, 0.2) is 36.4 Å². The van der Waals surface area contributed by atoms with Gasteiger partial charge in [-0.15, -0.1) is 0 Å². The molecule has 0 fully saturated rings. The number of carbonyl (C=O) groups excluding carboxylic acids is 1. The normalized spacial score (nSPS) is 10.3. The van der Waals surface area contributed by atoms with Gasteiger partial charge in [-0.3, -0.25) is 4.79 Å². The largest absolute Gasteiger partial charge is 0.496 e. The van der Waals surface area contributed by atoms with Gasteiger partial charge in [-0.05, 0) is 49.6 Å². The van der Waals surface area contributed by atoms with Crippen molar-refractivity contribution in [3.05, 3.63) is 53.1 Å². The number of amides is 1. The Kier molecular flexibility index (Phi) is 5.63. The number of nitrogens with one attached hydrogen (secondary N) is 1. The summed E-state index contributed by atoms with van der Waals surface area (Å²) in [5.74, 6) is 1.46. The van der Waals surface area contributed by atoms with Crippen LogP contribution in [-0.2, 0) is 11.2 Å². The summed E-state index contributed by atoms with van der Waals surface area (Å²) in [4.78, 5) is 12.3. The van der Waals surface area contributed by atoms with Crippen molar-refractivity contribution in [2.75, 3.05) is 19.5 Å². The Morgan fingerprint density at radius 3 is 2.30 bits per heavy atom. The minimum Gasteiger partial charge on any atom is -0.496 e. The monoisotopic (exact) mass is 313 g/mol. The van der Waals surface area contributed by atoms with Gasteiger partial charge in [0.1, 0.15) is 11.5 Å². The Hall–Kier alpha value is -2.49. The zero-order chi connectivity index (χ0) is 16.8. The van der Waals surface area contributed by atoms with Gasteiger partial charge in [0.25, 0.3) is 0 Å². The molecule has 0 aliphatic rings. The van der Waals surface area contributed by atoms with E-state index in [0.717, 1.165) is 33.9 Å². The second-order valence-corrected chi connectivity index (χ2v) is 5.51. The molecule has 122 valence electrons. The van der Waals surface area contributed by atoms with E-state index >= 15 is 0 Å². The lowest BCUT2D eigenvalue weighted by molar-refractivity contribution is -0.116. The molecule has 23 heavy (non-hydrogen) atoms. The summed E-state index contributed by atoms with van der Waals surface area (Å²) in [6.45, 7) is 3.99. The highest BCUT2D eigenvalue weighted by atomic mass is 16.5. The van der Waals surface area contributed by atoms with Gasteiger partial charge in [0.15, 0.2) is 0 Å². The van der Waals surface area contributed by atoms with E-state index in [1.807, 2.05) is 50.2 Å². The number of aryl methyl sites for hydroxylation is 2. The number of rotatable bonds is 6. The molecule has 0 heterocycles. The number of anilines is 1. The summed E-state index contributed by atoms with van der Waals surface area (Å²) in [6, 6.07) is 11.6. The second kappa shape index (κ2) is 7.68. The minimum absolute atomic E-state index is 0.0216. The van der Waals surface area contributed by atoms with Gasteiger partial charge in [-0.1, -0.05) is 18.2 Å². The molecule has 2 aromatic carbocycles. The first kappa shape index (κ1) is 16.9. The summed E-state index contributed by atoms with van der Waals surface area (Å²) in [5.41, 5.74) is 3.95. The third-order valence-corrected chi connectivity index (χ3v) is 3.80. The van der Waals surface area contributed by atoms with Crippen molar-refractivity contribution in [1.82, 2.24) is 0 Å². The van der Waals surface area contributed by atoms with Crippen molar-refractivity contribution >= 4 is 11.6 Å². The fourth-order valence-electron chi connectivity index (χ4n) is 2.50. The summed E-state index contributed by atoms with van der Waals surface area (Å²) in [5, 5.41) is 2.98. The first-order valence-electron chi connectivity index (χ1n) is 7.62. The molecule has 4 heteroatoms. The van der Waals surface area contributed by atoms with Crippen molar-refractivity contribution < 1.29 is 14.3 Å². The molecule has 1 N–H and O–H groups in total. The van der Waals surface area contributed by atoms with Crippen LogP contribution in [0, 0.1) is 13.8 Å². The average molecular weight is 313 g/mol. The number of methoxy groups -OCH3 is 2. The molecule has 0 atom stereocenters. The summed E-state index contributed by atoms with van der Waals surface area (Å²) < 4.78 is 10.7. The zero-order valence-electron chi connectivity index (χ0n) is 14.1. The SMILES string of the molecule is COc1cccc(OC)c1CCC(=O)Nc1cc(C)ccc1C. The number of carbonyl (C=O) groups is 1. The Morgan fingerprint density at radius 1 is 1.04 bits per heavy atom. The first-order valence-corrected chi connectivity index (χ1v) is 7.62. The molecule has 0 saturated heterocycles. The van der Waals surface area contributed by atoms with E-state index in [1.165, 1.54) is 0 Å². The highest BCUT2D eigenvalue weighted by molar-refractivity contribution is 5.91. The van der Waals surface area contributed by atoms with Crippen molar-refractivity contribution in [1.29, 1.82) is 0 Å². The van der Waals surface area contributed by atoms with Gasteiger partial charge < -0.3 is 14.8 Å². The van der Waals surface area contributed by atoms with Crippen molar-refractivity contribution in [3.8, 4) is 11.5 Å². The smallest absolute Gasteiger partial charge is 0.224 e. The van der Waals surface area contributed by atoms with E-state index in [0.29, 0.717) is 12.8 Å². The van der Waals surface area contributed by atoms with Gasteiger partial charge >= 0.3 is 0 Å². The lowest BCUT2D eigenvalue weighted by Crippen LogP contribution is -2.13. The standard InChI is InChI=1S/C19H23NO3/c1-13-8-9-14(2)16(12-13)20-19(21)11-10-15-17(22-3)6-5-7-18(15)23-4/h5-9,12H,10-11H2,1-4H3,(H,20,21). The molecule has 0 bridgehead atoms. The molecular weight excluding hydrogens is 290 g/mol. The van der Waals surface area contributed by atoms with Crippen LogP contribution in [0.2, 0.25) is 0 Å². The molecule has 4 nitrogen and oxygen atoms in total. The van der Waals surface area contributed by atoms with Crippen LogP contribution in [0.25, 0.3) is 0 Å². The molecule has 0 aromatic heterocycles. The van der Waals surface area contributed by atoms with Crippen LogP contribution >= 0.6 is 0 Å². The first-order chi connectivity index (χ1) is 11.0. The van der Waals surface area contributed by atoms with E-state index < -0.39 is 0 Å². The minimum atomic E-state index is -0.0216. The third-order valence-electron chi connectivity index (χ3n) is 3.80. The third kappa shape index (κ3) is 4.25. The van der Waals surface area contributed by atoms with E-state index in [-0.39, 0.29) is 5.91 Å². The number of hydrogen-bond donors (Lipinski definition) is 1. The van der Waals surface area contributed by atoms with Crippen molar-refractivity contribution in [3.63, 3.8) is 0 Å². The molecule has 0 unspecified atom stereocenters. The fraction of sp³-hybridized carbons (Fsp3) is 0.316. The van der Waals surface area contributed by atoms with Crippen LogP contribution in [0.3, 0.4) is 0 Å². The lowest BCUT2D eigenvalue weighted by Gasteiger charge is -2.13. The van der Waals surface area contributed by atoms with Crippen LogP contribution in [0.4, 0.5) is 5.69 Å². The van der Waals surface area contributed by atoms with E-state index in [9.17, 15) is 4.79 Å². The highest BCUT2D eigenvalue weighted by Gasteiger charge is 2.12. The van der Waals surface area contributed by atoms with E-state index in [2.05, 4.69) is 5.32 Å². The molecule has 0 aliphatic heterocycles. The Balaban J connectivity index is 2.06. The molecule has 1 amide bonds. The Bertz CT molecular complexity index is 673. The maximum atomic E-state index is 12.3. The van der Waals surface area contributed by atoms with Crippen LogP contribution in [0.5, 0.6) is 11.5 Å². The maximum absolute atomic E-state index is 12.3. The van der Waals surface area contributed by atoms with Crippen molar-refractivity contribution in [2.45, 2.75) is 26.7 Å². The van der Waals surface area contributed by atoms with Crippen LogP contribution < -0.4 is 14.8 Å². The predicted octanol–water partition coefficient (Wildman–Crippen LogP) is 3.89. The molecule has 0 aliphatic carbocycles. The highest BCUT2D eigenvalue weighted by Crippen LogP contribution is 2.29. The van der Waals surface area contributed by atoms with E-state index in [1.54, 1.807) is 14.2 Å². The number of ether oxygens (including phenoxy) is 2. The second-order valence-electron chi connectivity index (χ2n) is 5.51. The van der Waals surface area contributed by atoms with Crippen molar-refractivity contribution in [2.24, 2.45) is 0 Å². The average Bonchev–Trinajstić information content (AvgIpc) is 2.55. The summed E-state index contributed by atoms with van der Waals surface area (Å²) >= 11 is 0. The van der Waals surface area contributed by atoms with Gasteiger partial charge in [0, 0.05) is 17.7 Å². The molecule has 0 spiro atoms. The molecular formula is C19H23NO3. The van der Waals surface area contributed by atoms with Gasteiger partial charge in [-0.25, -0.2) is 0 Å². The topological polar surface area (TPSA) is 47.6 Å². The van der Waals surface area contributed by atoms with E-state index in [4.69, 9.17) is 9.47 Å². The van der Waals surface area contributed by atoms with Crippen LogP contribution in [0.1, 0.15) is 23.1 Å². The summed E-state index contributed by atoms with van der Waals surface area (Å²) in [6.07, 6.45) is 0.925. The molecule has 0 radical (unpaired) electrons. The van der Waals surface area contributed by atoms with Gasteiger partial charge in [0.05, 0.1) is 14.2 Å². The van der Waals surface area contributed by atoms with Crippen LogP contribution in [-0.4, -0.2) is 20.1 Å². The molecule has 2 rings (SSSR count). The molecule has 2 aromatic rings. The fourth-order valence-corrected chi connectivity index (χ4v) is 2.50. The predicted molar refractivity (Wildman–Crippen MR) is 92.4 cm³/mol. The Labute approximate surface area is 137 Å². The quantitative estimate of drug-likeness (QED) is 0.880. The number of hydrogen-bond acceptors (Lipinski definition) is 3.